The molecule has 0 N–H and O–H groups in total. The highest BCUT2D eigenvalue weighted by molar-refractivity contribution is 5.08. The summed E-state index contributed by atoms with van der Waals surface area (Å²) < 4.78 is 0. The van der Waals surface area contributed by atoms with Crippen LogP contribution in [0.25, 0.3) is 0 Å². The van der Waals surface area contributed by atoms with Crippen molar-refractivity contribution in [2.24, 2.45) is 35.5 Å². The molecule has 0 nitrogen and oxygen atoms in total. The maximum atomic E-state index is 2.00. The quantitative estimate of drug-likeness (QED) is 0.507. The summed E-state index contributed by atoms with van der Waals surface area (Å²) >= 11 is 0. The zero-order valence-electron chi connectivity index (χ0n) is 9.71. The zero-order chi connectivity index (χ0) is 9.71. The van der Waals surface area contributed by atoms with E-state index in [1.165, 1.54) is 35.5 Å². The van der Waals surface area contributed by atoms with Crippen molar-refractivity contribution >= 4 is 0 Å². The van der Waals surface area contributed by atoms with Gasteiger partial charge in [-0.25, -0.2) is 0 Å². The average molecular weight is 192 g/mol. The van der Waals surface area contributed by atoms with Crippen LogP contribution in [0.15, 0.2) is 0 Å². The van der Waals surface area contributed by atoms with Gasteiger partial charge >= 0.3 is 0 Å². The van der Waals surface area contributed by atoms with Crippen molar-refractivity contribution < 1.29 is 0 Å². The Balaban J connectivity index is 0.000000303. The zero-order valence-corrected chi connectivity index (χ0v) is 9.71. The second-order valence-corrected chi connectivity index (χ2v) is 5.82. The Hall–Kier alpha value is 0. The Morgan fingerprint density at radius 3 is 1.14 bits per heavy atom. The maximum Gasteiger partial charge on any atom is -0.0323 e. The second-order valence-electron chi connectivity index (χ2n) is 5.82. The molecule has 0 aromatic heterocycles. The highest BCUT2D eigenvalue weighted by Crippen LogP contribution is 2.67. The molecule has 0 aromatic rings. The van der Waals surface area contributed by atoms with E-state index in [1.807, 2.05) is 13.8 Å². The first-order valence-electron chi connectivity index (χ1n) is 6.93. The van der Waals surface area contributed by atoms with Crippen molar-refractivity contribution in [1.29, 1.82) is 0 Å². The minimum Gasteiger partial charge on any atom is -0.0683 e. The van der Waals surface area contributed by atoms with Crippen molar-refractivity contribution in [3.05, 3.63) is 0 Å². The van der Waals surface area contributed by atoms with Gasteiger partial charge in [-0.3, -0.25) is 0 Å². The van der Waals surface area contributed by atoms with Crippen LogP contribution in [-0.2, 0) is 0 Å². The van der Waals surface area contributed by atoms with E-state index in [0.29, 0.717) is 0 Å². The van der Waals surface area contributed by atoms with Gasteiger partial charge in [0.2, 0.25) is 0 Å². The Bertz CT molecular complexity index is 176. The first-order chi connectivity index (χ1) is 6.93. The smallest absolute Gasteiger partial charge is 0.0323 e. The van der Waals surface area contributed by atoms with Crippen LogP contribution in [0.1, 0.15) is 52.4 Å². The molecular weight excluding hydrogens is 168 g/mol. The van der Waals surface area contributed by atoms with E-state index in [2.05, 4.69) is 0 Å². The predicted octanol–water partition coefficient (Wildman–Crippen LogP) is 4.10. The van der Waals surface area contributed by atoms with Gasteiger partial charge in [0, 0.05) is 0 Å². The topological polar surface area (TPSA) is 0 Å². The van der Waals surface area contributed by atoms with E-state index in [0.717, 1.165) is 0 Å². The average Bonchev–Trinajstić information content (AvgIpc) is 3.00. The molecule has 4 saturated carbocycles. The highest BCUT2D eigenvalue weighted by Gasteiger charge is 2.59. The molecule has 0 aliphatic heterocycles. The molecule has 0 aromatic carbocycles. The number of hydrogen-bond acceptors (Lipinski definition) is 0. The van der Waals surface area contributed by atoms with E-state index in [9.17, 15) is 0 Å². The fourth-order valence-electron chi connectivity index (χ4n) is 5.53. The molecule has 4 bridgehead atoms. The minimum absolute atomic E-state index is 1.20. The van der Waals surface area contributed by atoms with Crippen LogP contribution >= 0.6 is 0 Å². The molecular formula is C14H24. The van der Waals surface area contributed by atoms with E-state index in [-0.39, 0.29) is 0 Å². The van der Waals surface area contributed by atoms with E-state index < -0.39 is 0 Å². The summed E-state index contributed by atoms with van der Waals surface area (Å²) in [7, 11) is 0. The molecule has 0 radical (unpaired) electrons. The van der Waals surface area contributed by atoms with Crippen molar-refractivity contribution in [1.82, 2.24) is 0 Å². The molecule has 4 aliphatic carbocycles. The molecule has 0 heteroatoms. The number of fused-ring (bicyclic) bond motifs is 9. The van der Waals surface area contributed by atoms with Gasteiger partial charge in [0.1, 0.15) is 0 Å². The summed E-state index contributed by atoms with van der Waals surface area (Å²) in [6.45, 7) is 4.00. The van der Waals surface area contributed by atoms with Crippen molar-refractivity contribution in [3.63, 3.8) is 0 Å². The lowest BCUT2D eigenvalue weighted by molar-refractivity contribution is 0.146. The van der Waals surface area contributed by atoms with Crippen LogP contribution in [0.4, 0.5) is 0 Å². The summed E-state index contributed by atoms with van der Waals surface area (Å²) in [4.78, 5) is 0. The first kappa shape index (κ1) is 9.24. The third kappa shape index (κ3) is 1.01. The molecule has 4 unspecified atom stereocenters. The number of hydrogen-bond donors (Lipinski definition) is 0. The predicted molar refractivity (Wildman–Crippen MR) is 60.0 cm³/mol. The third-order valence-corrected chi connectivity index (χ3v) is 5.65. The van der Waals surface area contributed by atoms with E-state index in [1.54, 1.807) is 38.5 Å². The fourth-order valence-corrected chi connectivity index (χ4v) is 5.53. The van der Waals surface area contributed by atoms with Crippen LogP contribution in [0.3, 0.4) is 0 Å². The molecule has 14 heavy (non-hydrogen) atoms. The summed E-state index contributed by atoms with van der Waals surface area (Å²) in [6.07, 6.45) is 9.71. The van der Waals surface area contributed by atoms with Gasteiger partial charge in [0.25, 0.3) is 0 Å². The molecule has 0 spiro atoms. The molecule has 4 fully saturated rings. The molecule has 0 heterocycles. The number of rotatable bonds is 0. The van der Waals surface area contributed by atoms with Crippen LogP contribution in [0.2, 0.25) is 0 Å². The van der Waals surface area contributed by atoms with Crippen LogP contribution in [-0.4, -0.2) is 0 Å². The van der Waals surface area contributed by atoms with Crippen molar-refractivity contribution in [3.8, 4) is 0 Å². The van der Waals surface area contributed by atoms with Gasteiger partial charge < -0.3 is 0 Å². The van der Waals surface area contributed by atoms with E-state index >= 15 is 0 Å². The summed E-state index contributed by atoms with van der Waals surface area (Å²) in [6, 6.07) is 0. The minimum atomic E-state index is 1.20. The summed E-state index contributed by atoms with van der Waals surface area (Å²) in [5.74, 6) is 7.29. The van der Waals surface area contributed by atoms with Crippen LogP contribution < -0.4 is 0 Å². The van der Waals surface area contributed by atoms with Gasteiger partial charge in [0.15, 0.2) is 0 Å². The largest absolute Gasteiger partial charge is 0.0683 e. The second kappa shape index (κ2) is 3.25. The standard InChI is InChI=1S/C12H18.C2H6/c1-2-8-5-7(1)11-9-3-4-10(6-9)12(8)11;1-2/h7-12H,1-6H2;1-2H3. The highest BCUT2D eigenvalue weighted by atomic mass is 14.6. The normalized spacial score (nSPS) is 57.0. The molecule has 4 atom stereocenters. The van der Waals surface area contributed by atoms with Crippen molar-refractivity contribution in [2.75, 3.05) is 0 Å². The van der Waals surface area contributed by atoms with Gasteiger partial charge in [-0.05, 0) is 74.0 Å². The van der Waals surface area contributed by atoms with Gasteiger partial charge in [-0.15, -0.1) is 0 Å². The summed E-state index contributed by atoms with van der Waals surface area (Å²) in [5, 5.41) is 0. The third-order valence-electron chi connectivity index (χ3n) is 5.65. The molecule has 4 aliphatic rings. The summed E-state index contributed by atoms with van der Waals surface area (Å²) in [5.41, 5.74) is 0. The van der Waals surface area contributed by atoms with E-state index in [4.69, 9.17) is 0 Å². The Kier molecular flexibility index (Phi) is 2.15. The van der Waals surface area contributed by atoms with Gasteiger partial charge in [0.05, 0.1) is 0 Å². The first-order valence-corrected chi connectivity index (χ1v) is 6.93. The Labute approximate surface area is 88.5 Å². The monoisotopic (exact) mass is 192 g/mol. The Morgan fingerprint density at radius 1 is 0.571 bits per heavy atom. The van der Waals surface area contributed by atoms with Crippen LogP contribution in [0.5, 0.6) is 0 Å². The van der Waals surface area contributed by atoms with Gasteiger partial charge in [-0.2, -0.15) is 0 Å². The molecule has 4 rings (SSSR count). The Morgan fingerprint density at radius 2 is 0.857 bits per heavy atom. The lowest BCUT2D eigenvalue weighted by atomic mass is 9.71. The molecule has 80 valence electrons. The van der Waals surface area contributed by atoms with Crippen LogP contribution in [0, 0.1) is 35.5 Å². The fraction of sp³-hybridized carbons (Fsp3) is 1.00. The molecule has 0 amide bonds. The lowest BCUT2D eigenvalue weighted by Gasteiger charge is -2.34. The maximum absolute atomic E-state index is 2.00. The lowest BCUT2D eigenvalue weighted by Crippen LogP contribution is -2.27. The SMILES string of the molecule is C1CC2CC1C1C3CCC(C3)C21.CC. The van der Waals surface area contributed by atoms with Crippen molar-refractivity contribution in [2.45, 2.75) is 52.4 Å². The van der Waals surface area contributed by atoms with Gasteiger partial charge in [-0.1, -0.05) is 13.8 Å². The molecule has 0 saturated heterocycles.